The van der Waals surface area contributed by atoms with E-state index in [4.69, 9.17) is 0 Å². The van der Waals surface area contributed by atoms with Gasteiger partial charge in [-0.1, -0.05) is 29.8 Å². The fourth-order valence-electron chi connectivity index (χ4n) is 1.69. The summed E-state index contributed by atoms with van der Waals surface area (Å²) in [7, 11) is 2.27. The summed E-state index contributed by atoms with van der Waals surface area (Å²) in [4.78, 5) is 2.53. The van der Waals surface area contributed by atoms with E-state index in [1.54, 1.807) is 0 Å². The molecule has 0 aliphatic heterocycles. The second-order valence-electron chi connectivity index (χ2n) is 4.37. The topological polar surface area (TPSA) is 3.24 Å². The molecule has 0 saturated heterocycles. The van der Waals surface area contributed by atoms with Crippen LogP contribution < -0.4 is 0 Å². The third-order valence-electron chi connectivity index (χ3n) is 3.03. The Morgan fingerprint density at radius 1 is 1.33 bits per heavy atom. The zero-order valence-corrected chi connectivity index (χ0v) is 13.0. The predicted molar refractivity (Wildman–Crippen MR) is 77.3 cm³/mol. The van der Waals surface area contributed by atoms with Gasteiger partial charge in [-0.25, -0.2) is 0 Å². The number of alkyl halides is 1. The lowest BCUT2D eigenvalue weighted by Gasteiger charge is -2.27. The fraction of sp³-hybridized carbons (Fsp3) is 1.00. The average Bonchev–Trinajstić information content (AvgIpc) is 2.23. The van der Waals surface area contributed by atoms with Crippen LogP contribution in [0.25, 0.3) is 0 Å². The highest BCUT2D eigenvalue weighted by Gasteiger charge is 2.12. The third-order valence-corrected chi connectivity index (χ3v) is 4.21. The summed E-state index contributed by atoms with van der Waals surface area (Å²) < 4.78 is 0. The Morgan fingerprint density at radius 2 is 2.00 bits per heavy atom. The zero-order chi connectivity index (χ0) is 11.7. The van der Waals surface area contributed by atoms with Crippen molar-refractivity contribution in [3.63, 3.8) is 0 Å². The second kappa shape index (κ2) is 9.98. The molecule has 0 saturated carbocycles. The van der Waals surface area contributed by atoms with E-state index in [1.165, 1.54) is 31.6 Å². The highest BCUT2D eigenvalue weighted by molar-refractivity contribution is 9.09. The maximum absolute atomic E-state index is 3.51. The molecule has 0 aliphatic rings. The summed E-state index contributed by atoms with van der Waals surface area (Å²) in [5.41, 5.74) is 0. The van der Waals surface area contributed by atoms with Gasteiger partial charge >= 0.3 is 0 Å². The van der Waals surface area contributed by atoms with Crippen LogP contribution in [0.5, 0.6) is 0 Å². The van der Waals surface area contributed by atoms with Crippen molar-refractivity contribution in [2.45, 2.75) is 39.2 Å². The Labute approximate surface area is 109 Å². The van der Waals surface area contributed by atoms with Gasteiger partial charge in [-0.15, -0.1) is 0 Å². The van der Waals surface area contributed by atoms with Gasteiger partial charge in [-0.3, -0.25) is 0 Å². The normalized spacial score (nSPS) is 15.6. The monoisotopic (exact) mass is 295 g/mol. The first-order chi connectivity index (χ1) is 7.15. The Balaban J connectivity index is 3.73. The number of thioether (sulfide) groups is 1. The van der Waals surface area contributed by atoms with E-state index in [2.05, 4.69) is 48.0 Å². The summed E-state index contributed by atoms with van der Waals surface area (Å²) in [6.07, 6.45) is 6.09. The number of rotatable bonds is 9. The fourth-order valence-corrected chi connectivity index (χ4v) is 3.34. The third kappa shape index (κ3) is 7.64. The number of hydrogen-bond acceptors (Lipinski definition) is 2. The molecular weight excluding hydrogens is 270 g/mol. The maximum Gasteiger partial charge on any atom is 0.0180 e. The molecule has 0 amide bonds. The molecule has 0 rings (SSSR count). The molecule has 0 heterocycles. The van der Waals surface area contributed by atoms with E-state index in [0.29, 0.717) is 0 Å². The molecule has 0 aliphatic carbocycles. The Kier molecular flexibility index (Phi) is 10.5. The van der Waals surface area contributed by atoms with Crippen LogP contribution in [0, 0.1) is 5.92 Å². The van der Waals surface area contributed by atoms with Gasteiger partial charge in [0.25, 0.3) is 0 Å². The van der Waals surface area contributed by atoms with Crippen molar-refractivity contribution in [3.05, 3.63) is 0 Å². The molecule has 1 nitrogen and oxygen atoms in total. The Morgan fingerprint density at radius 3 is 2.47 bits per heavy atom. The van der Waals surface area contributed by atoms with Gasteiger partial charge in [0, 0.05) is 17.1 Å². The summed E-state index contributed by atoms with van der Waals surface area (Å²) >= 11 is 5.47. The van der Waals surface area contributed by atoms with Crippen LogP contribution in [0.4, 0.5) is 0 Å². The molecule has 0 fully saturated rings. The van der Waals surface area contributed by atoms with Gasteiger partial charge in [0.2, 0.25) is 0 Å². The number of hydrogen-bond donors (Lipinski definition) is 0. The molecule has 0 bridgehead atoms. The van der Waals surface area contributed by atoms with Crippen LogP contribution in [0.1, 0.15) is 33.1 Å². The van der Waals surface area contributed by atoms with Crippen molar-refractivity contribution in [2.75, 3.05) is 30.9 Å². The number of halogens is 1. The molecule has 0 N–H and O–H groups in total. The van der Waals surface area contributed by atoms with Crippen molar-refractivity contribution >= 4 is 27.7 Å². The highest BCUT2D eigenvalue weighted by Crippen LogP contribution is 2.13. The standard InChI is InChI=1S/C12H26BrNS/c1-5-12(10-15-4)14(3)9-7-11(2)6-8-13/h11-12H,5-10H2,1-4H3. The van der Waals surface area contributed by atoms with Crippen molar-refractivity contribution in [3.8, 4) is 0 Å². The van der Waals surface area contributed by atoms with Crippen molar-refractivity contribution in [1.29, 1.82) is 0 Å². The summed E-state index contributed by atoms with van der Waals surface area (Å²) in [6.45, 7) is 5.89. The minimum absolute atomic E-state index is 0.760. The lowest BCUT2D eigenvalue weighted by atomic mass is 10.0. The molecule has 92 valence electrons. The lowest BCUT2D eigenvalue weighted by Crippen LogP contribution is -2.34. The lowest BCUT2D eigenvalue weighted by molar-refractivity contribution is 0.238. The molecule has 2 atom stereocenters. The van der Waals surface area contributed by atoms with Crippen LogP contribution in [0.3, 0.4) is 0 Å². The smallest absolute Gasteiger partial charge is 0.0180 e. The zero-order valence-electron chi connectivity index (χ0n) is 10.6. The van der Waals surface area contributed by atoms with Gasteiger partial charge in [0.1, 0.15) is 0 Å². The number of nitrogens with zero attached hydrogens (tertiary/aromatic N) is 1. The van der Waals surface area contributed by atoms with Crippen molar-refractivity contribution in [2.24, 2.45) is 5.92 Å². The Bertz CT molecular complexity index is 144. The molecule has 0 aromatic heterocycles. The van der Waals surface area contributed by atoms with Crippen molar-refractivity contribution < 1.29 is 0 Å². The molecule has 0 spiro atoms. The van der Waals surface area contributed by atoms with Gasteiger partial charge in [0.15, 0.2) is 0 Å². The average molecular weight is 296 g/mol. The summed E-state index contributed by atoms with van der Waals surface area (Å²) in [6, 6.07) is 0.760. The summed E-state index contributed by atoms with van der Waals surface area (Å²) in [5, 5.41) is 1.14. The molecule has 0 aromatic rings. The van der Waals surface area contributed by atoms with E-state index in [9.17, 15) is 0 Å². The molecule has 2 unspecified atom stereocenters. The predicted octanol–water partition coefficient (Wildman–Crippen LogP) is 3.87. The summed E-state index contributed by atoms with van der Waals surface area (Å²) in [5.74, 6) is 2.11. The SMILES string of the molecule is CCC(CSC)N(C)CCC(C)CCBr. The van der Waals surface area contributed by atoms with Crippen LogP contribution >= 0.6 is 27.7 Å². The van der Waals surface area contributed by atoms with Gasteiger partial charge < -0.3 is 4.90 Å². The molecule has 3 heteroatoms. The van der Waals surface area contributed by atoms with E-state index >= 15 is 0 Å². The first-order valence-corrected chi connectivity index (χ1v) is 8.42. The van der Waals surface area contributed by atoms with E-state index < -0.39 is 0 Å². The van der Waals surface area contributed by atoms with Gasteiger partial charge in [-0.2, -0.15) is 11.8 Å². The van der Waals surface area contributed by atoms with Gasteiger partial charge in [0.05, 0.1) is 0 Å². The highest BCUT2D eigenvalue weighted by atomic mass is 79.9. The van der Waals surface area contributed by atoms with E-state index in [1.807, 2.05) is 11.8 Å². The van der Waals surface area contributed by atoms with Crippen LogP contribution in [-0.2, 0) is 0 Å². The van der Waals surface area contributed by atoms with Gasteiger partial charge in [-0.05, 0) is 45.0 Å². The minimum Gasteiger partial charge on any atom is -0.303 e. The minimum atomic E-state index is 0.760. The second-order valence-corrected chi connectivity index (χ2v) is 6.07. The van der Waals surface area contributed by atoms with Crippen LogP contribution in [0.15, 0.2) is 0 Å². The first kappa shape index (κ1) is 15.8. The van der Waals surface area contributed by atoms with Crippen molar-refractivity contribution in [1.82, 2.24) is 4.90 Å². The molecule has 0 aromatic carbocycles. The molecular formula is C12H26BrNS. The van der Waals surface area contributed by atoms with E-state index in [-0.39, 0.29) is 0 Å². The maximum atomic E-state index is 3.51. The molecule has 0 radical (unpaired) electrons. The quantitative estimate of drug-likeness (QED) is 0.594. The Hall–Kier alpha value is 0.790. The van der Waals surface area contributed by atoms with Crippen LogP contribution in [-0.4, -0.2) is 41.9 Å². The molecule has 15 heavy (non-hydrogen) atoms. The first-order valence-electron chi connectivity index (χ1n) is 5.90. The van der Waals surface area contributed by atoms with Crippen LogP contribution in [0.2, 0.25) is 0 Å². The largest absolute Gasteiger partial charge is 0.303 e. The van der Waals surface area contributed by atoms with E-state index in [0.717, 1.165) is 17.3 Å².